The molecule has 0 saturated carbocycles. The quantitative estimate of drug-likeness (QED) is 0.605. The summed E-state index contributed by atoms with van der Waals surface area (Å²) in [6.07, 6.45) is 3.26. The smallest absolute Gasteiger partial charge is 0.00408 e. The van der Waals surface area contributed by atoms with Crippen molar-refractivity contribution in [1.29, 1.82) is 0 Å². The normalized spacial score (nSPS) is 14.9. The summed E-state index contributed by atoms with van der Waals surface area (Å²) in [5.41, 5.74) is 1.38. The molecule has 0 fully saturated rings. The van der Waals surface area contributed by atoms with E-state index in [0.29, 0.717) is 11.8 Å². The molecule has 2 atom stereocenters. The minimum absolute atomic E-state index is 0.506. The Morgan fingerprint density at radius 3 is 2.38 bits per heavy atom. The lowest BCUT2D eigenvalue weighted by Crippen LogP contribution is -2.05. The van der Waals surface area contributed by atoms with E-state index in [-0.39, 0.29) is 0 Å². The van der Waals surface area contributed by atoms with E-state index >= 15 is 0 Å². The van der Waals surface area contributed by atoms with Crippen LogP contribution in [0.1, 0.15) is 31.7 Å². The minimum atomic E-state index is 0.506. The van der Waals surface area contributed by atoms with Crippen LogP contribution in [0.5, 0.6) is 0 Å². The molecule has 0 nitrogen and oxygen atoms in total. The lowest BCUT2D eigenvalue weighted by atomic mass is 9.86. The second-order valence-corrected chi connectivity index (χ2v) is 3.56. The van der Waals surface area contributed by atoms with Crippen LogP contribution in [0.25, 0.3) is 0 Å². The SMILES string of the molecule is C=C[C@@H](c1ccccc1)C(C)CC. The van der Waals surface area contributed by atoms with Crippen LogP contribution in [-0.4, -0.2) is 0 Å². The van der Waals surface area contributed by atoms with E-state index in [0.717, 1.165) is 0 Å². The predicted molar refractivity (Wildman–Crippen MR) is 58.8 cm³/mol. The second kappa shape index (κ2) is 4.86. The van der Waals surface area contributed by atoms with Gasteiger partial charge in [-0.1, -0.05) is 56.7 Å². The summed E-state index contributed by atoms with van der Waals surface area (Å²) < 4.78 is 0. The molecule has 0 bridgehead atoms. The first-order valence-corrected chi connectivity index (χ1v) is 4.97. The van der Waals surface area contributed by atoms with Gasteiger partial charge < -0.3 is 0 Å². The van der Waals surface area contributed by atoms with Crippen LogP contribution in [0, 0.1) is 5.92 Å². The molecule has 0 spiro atoms. The van der Waals surface area contributed by atoms with E-state index in [1.807, 2.05) is 0 Å². The lowest BCUT2D eigenvalue weighted by molar-refractivity contribution is 0.507. The van der Waals surface area contributed by atoms with Crippen molar-refractivity contribution in [3.05, 3.63) is 48.6 Å². The third-order valence-corrected chi connectivity index (χ3v) is 2.70. The van der Waals surface area contributed by atoms with Crippen molar-refractivity contribution in [3.63, 3.8) is 0 Å². The van der Waals surface area contributed by atoms with Crippen molar-refractivity contribution < 1.29 is 0 Å². The summed E-state index contributed by atoms with van der Waals surface area (Å²) in [4.78, 5) is 0. The van der Waals surface area contributed by atoms with Crippen molar-refractivity contribution in [2.24, 2.45) is 5.92 Å². The summed E-state index contributed by atoms with van der Waals surface area (Å²) in [7, 11) is 0. The summed E-state index contributed by atoms with van der Waals surface area (Å²) in [5.74, 6) is 1.19. The standard InChI is InChI=1S/C13H18/c1-4-11(3)13(5-2)12-9-7-6-8-10-12/h5-11,13H,2,4H2,1,3H3/t11?,13-/m1/s1. The molecule has 13 heavy (non-hydrogen) atoms. The zero-order valence-corrected chi connectivity index (χ0v) is 8.53. The third kappa shape index (κ3) is 2.45. The Kier molecular flexibility index (Phi) is 3.75. The maximum atomic E-state index is 3.91. The molecule has 0 radical (unpaired) electrons. The molecule has 1 aromatic rings. The number of allylic oxidation sites excluding steroid dienone is 1. The zero-order chi connectivity index (χ0) is 9.68. The lowest BCUT2D eigenvalue weighted by Gasteiger charge is -2.19. The van der Waals surface area contributed by atoms with Gasteiger partial charge in [0.25, 0.3) is 0 Å². The molecule has 0 aromatic heterocycles. The van der Waals surface area contributed by atoms with Crippen LogP contribution in [0.3, 0.4) is 0 Å². The average molecular weight is 174 g/mol. The molecular formula is C13H18. The van der Waals surface area contributed by atoms with Crippen LogP contribution >= 0.6 is 0 Å². The molecule has 0 aliphatic heterocycles. The van der Waals surface area contributed by atoms with Crippen molar-refractivity contribution in [3.8, 4) is 0 Å². The highest BCUT2D eigenvalue weighted by Crippen LogP contribution is 2.27. The van der Waals surface area contributed by atoms with Crippen molar-refractivity contribution in [2.45, 2.75) is 26.2 Å². The molecule has 0 heterocycles. The van der Waals surface area contributed by atoms with E-state index in [4.69, 9.17) is 0 Å². The summed E-state index contributed by atoms with van der Waals surface area (Å²) in [6.45, 7) is 8.41. The van der Waals surface area contributed by atoms with Crippen molar-refractivity contribution in [1.82, 2.24) is 0 Å². The van der Waals surface area contributed by atoms with E-state index in [1.165, 1.54) is 12.0 Å². The number of hydrogen-bond acceptors (Lipinski definition) is 0. The Morgan fingerprint density at radius 2 is 1.92 bits per heavy atom. The van der Waals surface area contributed by atoms with Crippen LogP contribution in [0.15, 0.2) is 43.0 Å². The first-order valence-electron chi connectivity index (χ1n) is 4.97. The molecule has 0 aliphatic rings. The Hall–Kier alpha value is -1.04. The van der Waals surface area contributed by atoms with Gasteiger partial charge in [0.1, 0.15) is 0 Å². The Labute approximate surface area is 81.3 Å². The van der Waals surface area contributed by atoms with E-state index in [1.54, 1.807) is 0 Å². The molecule has 70 valence electrons. The highest BCUT2D eigenvalue weighted by atomic mass is 14.2. The Bertz CT molecular complexity index is 248. The van der Waals surface area contributed by atoms with Crippen LogP contribution in [0.2, 0.25) is 0 Å². The van der Waals surface area contributed by atoms with Gasteiger partial charge >= 0.3 is 0 Å². The van der Waals surface area contributed by atoms with Crippen molar-refractivity contribution >= 4 is 0 Å². The highest BCUT2D eigenvalue weighted by molar-refractivity contribution is 5.23. The van der Waals surface area contributed by atoms with E-state index < -0.39 is 0 Å². The first-order chi connectivity index (χ1) is 6.29. The molecule has 0 aliphatic carbocycles. The molecule has 1 rings (SSSR count). The van der Waals surface area contributed by atoms with Crippen LogP contribution in [0.4, 0.5) is 0 Å². The topological polar surface area (TPSA) is 0 Å². The number of rotatable bonds is 4. The van der Waals surface area contributed by atoms with Crippen LogP contribution in [-0.2, 0) is 0 Å². The zero-order valence-electron chi connectivity index (χ0n) is 8.53. The largest absolute Gasteiger partial charge is 0.102 e. The van der Waals surface area contributed by atoms with Gasteiger partial charge in [-0.15, -0.1) is 6.58 Å². The predicted octanol–water partition coefficient (Wildman–Crippen LogP) is 4.00. The monoisotopic (exact) mass is 174 g/mol. The molecule has 0 saturated heterocycles. The second-order valence-electron chi connectivity index (χ2n) is 3.56. The fourth-order valence-corrected chi connectivity index (χ4v) is 1.63. The number of hydrogen-bond donors (Lipinski definition) is 0. The molecule has 0 heteroatoms. The number of benzene rings is 1. The molecule has 1 aromatic carbocycles. The molecular weight excluding hydrogens is 156 g/mol. The fourth-order valence-electron chi connectivity index (χ4n) is 1.63. The minimum Gasteiger partial charge on any atom is -0.102 e. The average Bonchev–Trinajstić information content (AvgIpc) is 2.20. The molecule has 0 amide bonds. The van der Waals surface area contributed by atoms with E-state index in [2.05, 4.69) is 56.8 Å². The van der Waals surface area contributed by atoms with E-state index in [9.17, 15) is 0 Å². The van der Waals surface area contributed by atoms with Gasteiger partial charge in [0.05, 0.1) is 0 Å². The Balaban J connectivity index is 2.84. The van der Waals surface area contributed by atoms with Gasteiger partial charge in [-0.3, -0.25) is 0 Å². The van der Waals surface area contributed by atoms with Gasteiger partial charge in [-0.2, -0.15) is 0 Å². The highest BCUT2D eigenvalue weighted by Gasteiger charge is 2.13. The maximum absolute atomic E-state index is 3.91. The van der Waals surface area contributed by atoms with Gasteiger partial charge in [0.15, 0.2) is 0 Å². The summed E-state index contributed by atoms with van der Waals surface area (Å²) >= 11 is 0. The van der Waals surface area contributed by atoms with Crippen LogP contribution < -0.4 is 0 Å². The Morgan fingerprint density at radius 1 is 1.31 bits per heavy atom. The van der Waals surface area contributed by atoms with Gasteiger partial charge in [0, 0.05) is 5.92 Å². The van der Waals surface area contributed by atoms with Gasteiger partial charge in [-0.05, 0) is 11.5 Å². The molecule has 0 N–H and O–H groups in total. The molecule has 1 unspecified atom stereocenters. The first kappa shape index (κ1) is 10.0. The van der Waals surface area contributed by atoms with Gasteiger partial charge in [0.2, 0.25) is 0 Å². The fraction of sp³-hybridized carbons (Fsp3) is 0.385. The summed E-state index contributed by atoms with van der Waals surface area (Å²) in [5, 5.41) is 0. The van der Waals surface area contributed by atoms with Gasteiger partial charge in [-0.25, -0.2) is 0 Å². The van der Waals surface area contributed by atoms with Crippen molar-refractivity contribution in [2.75, 3.05) is 0 Å². The third-order valence-electron chi connectivity index (χ3n) is 2.70. The maximum Gasteiger partial charge on any atom is 0.00408 e. The summed E-state index contributed by atoms with van der Waals surface area (Å²) in [6, 6.07) is 10.6.